The van der Waals surface area contributed by atoms with Crippen molar-refractivity contribution in [1.29, 1.82) is 0 Å². The summed E-state index contributed by atoms with van der Waals surface area (Å²) in [7, 11) is 0. The zero-order chi connectivity index (χ0) is 47.0. The van der Waals surface area contributed by atoms with Gasteiger partial charge in [0.25, 0.3) is 0 Å². The molecule has 360 valence electrons. The van der Waals surface area contributed by atoms with Gasteiger partial charge in [-0.05, 0) is 139 Å². The molecule has 0 fully saturated rings. The Balaban J connectivity index is 0.000000484. The van der Waals surface area contributed by atoms with E-state index in [1.54, 1.807) is 0 Å². The Morgan fingerprint density at radius 3 is 0.348 bits per heavy atom. The van der Waals surface area contributed by atoms with Gasteiger partial charge in [0.1, 0.15) is 0 Å². The van der Waals surface area contributed by atoms with Crippen LogP contribution in [0.3, 0.4) is 0 Å². The summed E-state index contributed by atoms with van der Waals surface area (Å²) in [6.07, 6.45) is 0. The molecule has 0 nitrogen and oxygen atoms in total. The van der Waals surface area contributed by atoms with Gasteiger partial charge in [-0.1, -0.05) is 197 Å². The predicted molar refractivity (Wildman–Crippen MR) is 287 cm³/mol. The average molecular weight is 956 g/mol. The van der Waals surface area contributed by atoms with Gasteiger partial charge in [0.05, 0.1) is 0 Å². The Labute approximate surface area is 412 Å². The van der Waals surface area contributed by atoms with Crippen LogP contribution in [0.25, 0.3) is 0 Å². The average Bonchev–Trinajstić information content (AvgIpc) is 3.18. The third-order valence-electron chi connectivity index (χ3n) is 11.2. The normalized spacial score (nSPS) is 11.9. The topological polar surface area (TPSA) is 0 Å². The standard InChI is InChI=1S/3C20H26S.3FH/c3*1-19(2,3)15-7-11-17(12-8-15)21-18-13-9-16(10-14-18)20(4,5)6;;;/h3*7-14H,1-6H3;3*1H. The Hall–Kier alpha value is -3.84. The Morgan fingerprint density at radius 1 is 0.182 bits per heavy atom. The molecule has 6 aromatic rings. The monoisotopic (exact) mass is 955 g/mol. The molecular formula is C60H81F3S3. The zero-order valence-corrected chi connectivity index (χ0v) is 46.0. The SMILES string of the molecule is CC(C)(C)c1ccc([SH+]c2ccc(C(C)(C)C)cc2)cc1.CC(C)(C)c1ccc([SH+]c2ccc(C(C)(C)C)cc2)cc1.CC(C)(C)c1ccc([SH+]c2ccc(C(C)(C)C)cc2)cc1.[F-].[F-].[F-]. The molecule has 0 aliphatic carbocycles. The molecule has 6 heteroatoms. The van der Waals surface area contributed by atoms with Crippen LogP contribution in [-0.2, 0) is 67.8 Å². The Bertz CT molecular complexity index is 1850. The van der Waals surface area contributed by atoms with E-state index in [0.29, 0.717) is 0 Å². The van der Waals surface area contributed by atoms with Gasteiger partial charge in [0, 0.05) is 35.3 Å². The molecule has 6 aromatic carbocycles. The summed E-state index contributed by atoms with van der Waals surface area (Å²) in [6.45, 7) is 40.6. The van der Waals surface area contributed by atoms with Crippen molar-refractivity contribution in [2.24, 2.45) is 0 Å². The highest BCUT2D eigenvalue weighted by Crippen LogP contribution is 2.29. The summed E-state index contributed by atoms with van der Waals surface area (Å²) in [5.74, 6) is 0. The van der Waals surface area contributed by atoms with Crippen molar-refractivity contribution < 1.29 is 14.1 Å². The molecule has 0 radical (unpaired) electrons. The Kier molecular flexibility index (Phi) is 22.3. The largest absolute Gasteiger partial charge is 1.00 e. The third-order valence-corrected chi connectivity index (χ3v) is 14.5. The summed E-state index contributed by atoms with van der Waals surface area (Å²) in [6, 6.07) is 54.1. The second kappa shape index (κ2) is 24.4. The number of benzene rings is 6. The van der Waals surface area contributed by atoms with E-state index in [1.807, 2.05) is 0 Å². The van der Waals surface area contributed by atoms with Crippen LogP contribution < -0.4 is 14.1 Å². The summed E-state index contributed by atoms with van der Waals surface area (Å²) < 4.78 is 0. The maximum absolute atomic E-state index is 2.26. The summed E-state index contributed by atoms with van der Waals surface area (Å²) in [5.41, 5.74) is 9.71. The molecule has 0 N–H and O–H groups in total. The molecule has 0 aliphatic heterocycles. The first-order chi connectivity index (χ1) is 29.0. The van der Waals surface area contributed by atoms with Gasteiger partial charge in [-0.25, -0.2) is 0 Å². The number of thiol groups is 3. The van der Waals surface area contributed by atoms with E-state index in [2.05, 4.69) is 270 Å². The maximum Gasteiger partial charge on any atom is 0.158 e. The fourth-order valence-electron chi connectivity index (χ4n) is 6.66. The molecule has 0 spiro atoms. The summed E-state index contributed by atoms with van der Waals surface area (Å²) >= 11 is 3.84. The fourth-order valence-corrected chi connectivity index (χ4v) is 9.35. The van der Waals surface area contributed by atoms with Crippen LogP contribution in [0.4, 0.5) is 0 Å². The van der Waals surface area contributed by atoms with E-state index in [9.17, 15) is 0 Å². The highest BCUT2D eigenvalue weighted by molar-refractivity contribution is 7.79. The molecule has 0 saturated carbocycles. The first-order valence-corrected chi connectivity index (χ1v) is 25.5. The van der Waals surface area contributed by atoms with E-state index in [0.717, 1.165) is 0 Å². The van der Waals surface area contributed by atoms with Crippen molar-refractivity contribution >= 4 is 35.3 Å². The fraction of sp³-hybridized carbons (Fsp3) is 0.400. The van der Waals surface area contributed by atoms with Gasteiger partial charge in [-0.15, -0.1) is 0 Å². The number of rotatable bonds is 6. The van der Waals surface area contributed by atoms with Crippen LogP contribution in [0.5, 0.6) is 0 Å². The van der Waals surface area contributed by atoms with Crippen LogP contribution in [0.1, 0.15) is 158 Å². The van der Waals surface area contributed by atoms with Crippen molar-refractivity contribution in [3.8, 4) is 0 Å². The van der Waals surface area contributed by atoms with Gasteiger partial charge in [0.15, 0.2) is 29.4 Å². The second-order valence-electron chi connectivity index (χ2n) is 23.1. The minimum Gasteiger partial charge on any atom is -1.00 e. The van der Waals surface area contributed by atoms with Crippen molar-refractivity contribution in [2.45, 2.75) is 186 Å². The summed E-state index contributed by atoms with van der Waals surface area (Å²) in [5, 5.41) is 0. The first kappa shape index (κ1) is 60.2. The Morgan fingerprint density at radius 2 is 0.273 bits per heavy atom. The predicted octanol–water partition coefficient (Wildman–Crippen LogP) is 7.56. The third kappa shape index (κ3) is 19.4. The van der Waals surface area contributed by atoms with Crippen LogP contribution in [-0.4, -0.2) is 0 Å². The van der Waals surface area contributed by atoms with E-state index < -0.39 is 0 Å². The van der Waals surface area contributed by atoms with Crippen molar-refractivity contribution in [2.75, 3.05) is 0 Å². The molecule has 0 aliphatic rings. The van der Waals surface area contributed by atoms with E-state index >= 15 is 0 Å². The highest BCUT2D eigenvalue weighted by Gasteiger charge is 2.20. The smallest absolute Gasteiger partial charge is 0.158 e. The lowest BCUT2D eigenvalue weighted by Gasteiger charge is -2.18. The molecule has 66 heavy (non-hydrogen) atoms. The molecule has 0 saturated heterocycles. The summed E-state index contributed by atoms with van der Waals surface area (Å²) in [4.78, 5) is 8.12. The molecular weight excluding hydrogens is 874 g/mol. The van der Waals surface area contributed by atoms with Gasteiger partial charge in [-0.3, -0.25) is 0 Å². The lowest BCUT2D eigenvalue weighted by molar-refractivity contribution is -0.00100. The molecule has 0 bridgehead atoms. The maximum atomic E-state index is 2.26. The zero-order valence-electron chi connectivity index (χ0n) is 43.3. The number of hydrogen-bond acceptors (Lipinski definition) is 0. The molecule has 0 unspecified atom stereocenters. The van der Waals surface area contributed by atoms with Crippen LogP contribution in [0.2, 0.25) is 0 Å². The van der Waals surface area contributed by atoms with Crippen molar-refractivity contribution in [1.82, 2.24) is 0 Å². The minimum absolute atomic E-state index is 0. The van der Waals surface area contributed by atoms with E-state index in [-0.39, 0.29) is 46.6 Å². The molecule has 0 atom stereocenters. The van der Waals surface area contributed by atoms with Crippen LogP contribution in [0, 0.1) is 0 Å². The second-order valence-corrected chi connectivity index (χ2v) is 26.9. The molecule has 0 aromatic heterocycles. The van der Waals surface area contributed by atoms with Crippen LogP contribution >= 0.6 is 0 Å². The van der Waals surface area contributed by atoms with E-state index in [4.69, 9.17) is 0 Å². The van der Waals surface area contributed by atoms with Crippen molar-refractivity contribution in [3.05, 3.63) is 179 Å². The highest BCUT2D eigenvalue weighted by atomic mass is 32.2. The van der Waals surface area contributed by atoms with Gasteiger partial charge >= 0.3 is 0 Å². The minimum atomic E-state index is 0. The number of halogens is 3. The van der Waals surface area contributed by atoms with Gasteiger partial charge < -0.3 is 14.1 Å². The molecule has 0 heterocycles. The lowest BCUT2D eigenvalue weighted by atomic mass is 9.87. The van der Waals surface area contributed by atoms with Gasteiger partial charge in [0.2, 0.25) is 0 Å². The van der Waals surface area contributed by atoms with Crippen LogP contribution in [0.15, 0.2) is 175 Å². The van der Waals surface area contributed by atoms with Gasteiger partial charge in [-0.2, -0.15) is 0 Å². The molecule has 0 amide bonds. The lowest BCUT2D eigenvalue weighted by Crippen LogP contribution is -3.00. The molecule has 6 rings (SSSR count). The first-order valence-electron chi connectivity index (χ1n) is 22.8. The quantitative estimate of drug-likeness (QED) is 0.120. The van der Waals surface area contributed by atoms with E-state index in [1.165, 1.54) is 98.0 Å². The number of hydrogen-bond donors (Lipinski definition) is 0. The van der Waals surface area contributed by atoms with Crippen molar-refractivity contribution in [3.63, 3.8) is 0 Å².